The zero-order valence-electron chi connectivity index (χ0n) is 19.4. The van der Waals surface area contributed by atoms with Crippen molar-refractivity contribution in [3.05, 3.63) is 99.9 Å². The van der Waals surface area contributed by atoms with Gasteiger partial charge in [0.25, 0.3) is 0 Å². The average molecular weight is 488 g/mol. The van der Waals surface area contributed by atoms with E-state index in [-0.39, 0.29) is 41.8 Å². The quantitative estimate of drug-likeness (QED) is 0.314. The van der Waals surface area contributed by atoms with Gasteiger partial charge in [-0.15, -0.1) is 0 Å². The smallest absolute Gasteiger partial charge is 0.201 e. The van der Waals surface area contributed by atoms with Gasteiger partial charge >= 0.3 is 0 Å². The molecule has 0 bridgehead atoms. The number of allylic oxidation sites excluding steroid dienone is 2. The van der Waals surface area contributed by atoms with Crippen LogP contribution in [0.2, 0.25) is 0 Å². The number of halogens is 5. The van der Waals surface area contributed by atoms with E-state index in [9.17, 15) is 22.0 Å². The van der Waals surface area contributed by atoms with E-state index in [2.05, 4.69) is 0 Å². The van der Waals surface area contributed by atoms with Crippen LogP contribution >= 0.6 is 0 Å². The van der Waals surface area contributed by atoms with Crippen LogP contribution in [0.1, 0.15) is 54.4 Å². The highest BCUT2D eigenvalue weighted by atomic mass is 19.2. The monoisotopic (exact) mass is 488 g/mol. The maximum Gasteiger partial charge on any atom is 0.201 e. The molecule has 1 aliphatic rings. The molecule has 0 saturated heterocycles. The minimum Gasteiger partial charge on any atom is -0.491 e. The van der Waals surface area contributed by atoms with Crippen molar-refractivity contribution in [3.8, 4) is 11.5 Å². The molecule has 3 aromatic rings. The second-order valence-corrected chi connectivity index (χ2v) is 8.52. The molecule has 0 radical (unpaired) electrons. The first-order valence-corrected chi connectivity index (χ1v) is 11.5. The minimum absolute atomic E-state index is 0.0600. The third-order valence-electron chi connectivity index (χ3n) is 6.27. The number of benzene rings is 3. The van der Waals surface area contributed by atoms with E-state index in [0.717, 1.165) is 5.57 Å². The molecule has 0 fully saturated rings. The Morgan fingerprint density at radius 2 is 1.60 bits per heavy atom. The molecule has 3 aromatic carbocycles. The average Bonchev–Trinajstić information content (AvgIpc) is 2.86. The molecular weight excluding hydrogens is 463 g/mol. The summed E-state index contributed by atoms with van der Waals surface area (Å²) in [6, 6.07) is 10.3. The summed E-state index contributed by atoms with van der Waals surface area (Å²) in [4.78, 5) is 0. The third-order valence-corrected chi connectivity index (χ3v) is 6.27. The molecule has 1 unspecified atom stereocenters. The van der Waals surface area contributed by atoms with Crippen LogP contribution in [-0.4, -0.2) is 6.61 Å². The normalized spacial score (nSPS) is 15.6. The Kier molecular flexibility index (Phi) is 7.43. The second kappa shape index (κ2) is 10.5. The van der Waals surface area contributed by atoms with Crippen LogP contribution in [-0.2, 0) is 6.61 Å². The molecule has 0 saturated carbocycles. The third kappa shape index (κ3) is 5.19. The van der Waals surface area contributed by atoms with Crippen molar-refractivity contribution < 1.29 is 31.4 Å². The maximum atomic E-state index is 14.7. The molecule has 7 heteroatoms. The molecule has 0 spiro atoms. The van der Waals surface area contributed by atoms with Gasteiger partial charge in [-0.3, -0.25) is 0 Å². The van der Waals surface area contributed by atoms with Crippen LogP contribution in [0, 0.1) is 36.0 Å². The SMILES string of the molecule is CCOc1ccc(COc2ccc(C3=CCC(c4ccc(C)c(F)c4F)CC3)cc2F)c(F)c1F. The second-order valence-electron chi connectivity index (χ2n) is 8.52. The molecule has 2 nitrogen and oxygen atoms in total. The van der Waals surface area contributed by atoms with Gasteiger partial charge in [0, 0.05) is 5.56 Å². The Balaban J connectivity index is 1.44. The molecule has 4 rings (SSSR count). The number of hydrogen-bond donors (Lipinski definition) is 0. The van der Waals surface area contributed by atoms with E-state index in [1.165, 1.54) is 31.2 Å². The molecule has 184 valence electrons. The molecule has 0 aliphatic heterocycles. The predicted molar refractivity (Wildman–Crippen MR) is 124 cm³/mol. The van der Waals surface area contributed by atoms with E-state index in [1.54, 1.807) is 25.1 Å². The highest BCUT2D eigenvalue weighted by Gasteiger charge is 2.23. The standard InChI is InChI=1S/C28H25F5O2/c1-3-34-24-13-10-20(26(31)28(24)33)15-35-23-12-9-19(14-22(23)29)17-5-7-18(8-6-17)21-11-4-16(2)25(30)27(21)32/h4-5,9-14,18H,3,6-8,15H2,1-2H3. The first kappa shape index (κ1) is 24.8. The molecule has 0 aromatic heterocycles. The van der Waals surface area contributed by atoms with Crippen LogP contribution in [0.5, 0.6) is 11.5 Å². The van der Waals surface area contributed by atoms with Gasteiger partial charge in [0.05, 0.1) is 6.61 Å². The fourth-order valence-electron chi connectivity index (χ4n) is 4.28. The lowest BCUT2D eigenvalue weighted by Gasteiger charge is -2.23. The molecule has 0 amide bonds. The Hall–Kier alpha value is -3.35. The van der Waals surface area contributed by atoms with Gasteiger partial charge in [-0.25, -0.2) is 17.6 Å². The van der Waals surface area contributed by atoms with Crippen molar-refractivity contribution in [1.29, 1.82) is 0 Å². The highest BCUT2D eigenvalue weighted by molar-refractivity contribution is 5.67. The van der Waals surface area contributed by atoms with Crippen molar-refractivity contribution in [2.45, 2.75) is 45.6 Å². The summed E-state index contributed by atoms with van der Waals surface area (Å²) in [5.41, 5.74) is 2.12. The molecule has 0 heterocycles. The van der Waals surface area contributed by atoms with Crippen molar-refractivity contribution in [2.75, 3.05) is 6.61 Å². The summed E-state index contributed by atoms with van der Waals surface area (Å²) in [5.74, 6) is -4.89. The number of hydrogen-bond acceptors (Lipinski definition) is 2. The van der Waals surface area contributed by atoms with Gasteiger partial charge in [-0.1, -0.05) is 24.3 Å². The zero-order valence-corrected chi connectivity index (χ0v) is 19.4. The number of ether oxygens (including phenoxy) is 2. The molecule has 0 N–H and O–H groups in total. The lowest BCUT2D eigenvalue weighted by molar-refractivity contribution is 0.278. The zero-order chi connectivity index (χ0) is 25.1. The first-order valence-electron chi connectivity index (χ1n) is 11.5. The Morgan fingerprint density at radius 1 is 0.829 bits per heavy atom. The summed E-state index contributed by atoms with van der Waals surface area (Å²) in [6.45, 7) is 3.03. The van der Waals surface area contributed by atoms with Crippen molar-refractivity contribution >= 4 is 5.57 Å². The summed E-state index contributed by atoms with van der Waals surface area (Å²) in [7, 11) is 0. The summed E-state index contributed by atoms with van der Waals surface area (Å²) < 4.78 is 81.7. The van der Waals surface area contributed by atoms with Crippen LogP contribution in [0.25, 0.3) is 5.57 Å². The van der Waals surface area contributed by atoms with Gasteiger partial charge in [0.2, 0.25) is 5.82 Å². The molecule has 35 heavy (non-hydrogen) atoms. The van der Waals surface area contributed by atoms with E-state index in [4.69, 9.17) is 9.47 Å². The van der Waals surface area contributed by atoms with Crippen molar-refractivity contribution in [1.82, 2.24) is 0 Å². The largest absolute Gasteiger partial charge is 0.491 e. The highest BCUT2D eigenvalue weighted by Crippen LogP contribution is 2.38. The Labute approximate surface area is 201 Å². The van der Waals surface area contributed by atoms with Crippen LogP contribution < -0.4 is 9.47 Å². The maximum absolute atomic E-state index is 14.7. The first-order chi connectivity index (χ1) is 16.8. The predicted octanol–water partition coefficient (Wildman–Crippen LogP) is 8.02. The van der Waals surface area contributed by atoms with E-state index < -0.39 is 29.1 Å². The number of rotatable bonds is 7. The van der Waals surface area contributed by atoms with Crippen molar-refractivity contribution in [2.24, 2.45) is 0 Å². The fraction of sp³-hybridized carbons (Fsp3) is 0.286. The lowest BCUT2D eigenvalue weighted by Crippen LogP contribution is -2.08. The summed E-state index contributed by atoms with van der Waals surface area (Å²) >= 11 is 0. The van der Waals surface area contributed by atoms with Gasteiger partial charge in [-0.05, 0) is 85.6 Å². The van der Waals surface area contributed by atoms with Crippen LogP contribution in [0.3, 0.4) is 0 Å². The van der Waals surface area contributed by atoms with Crippen LogP contribution in [0.15, 0.2) is 48.5 Å². The summed E-state index contributed by atoms with van der Waals surface area (Å²) in [6.07, 6.45) is 3.61. The van der Waals surface area contributed by atoms with E-state index in [1.807, 2.05) is 6.08 Å². The number of aryl methyl sites for hydroxylation is 1. The molecule has 1 aliphatic carbocycles. The van der Waals surface area contributed by atoms with E-state index in [0.29, 0.717) is 30.4 Å². The Bertz CT molecular complexity index is 1270. The summed E-state index contributed by atoms with van der Waals surface area (Å²) in [5, 5.41) is 0. The van der Waals surface area contributed by atoms with Gasteiger partial charge in [0.1, 0.15) is 6.61 Å². The fourth-order valence-corrected chi connectivity index (χ4v) is 4.28. The topological polar surface area (TPSA) is 18.5 Å². The van der Waals surface area contributed by atoms with Crippen molar-refractivity contribution in [3.63, 3.8) is 0 Å². The molecule has 1 atom stereocenters. The Morgan fingerprint density at radius 3 is 2.29 bits per heavy atom. The van der Waals surface area contributed by atoms with E-state index >= 15 is 0 Å². The minimum atomic E-state index is -1.11. The van der Waals surface area contributed by atoms with Gasteiger partial charge in [-0.2, -0.15) is 4.39 Å². The molecular formula is C28H25F5O2. The van der Waals surface area contributed by atoms with Gasteiger partial charge in [0.15, 0.2) is 34.8 Å². The van der Waals surface area contributed by atoms with Gasteiger partial charge < -0.3 is 9.47 Å². The lowest BCUT2D eigenvalue weighted by atomic mass is 9.82. The van der Waals surface area contributed by atoms with Crippen LogP contribution in [0.4, 0.5) is 22.0 Å².